The van der Waals surface area contributed by atoms with E-state index in [1.54, 1.807) is 0 Å². The van der Waals surface area contributed by atoms with Crippen LogP contribution in [0.25, 0.3) is 5.65 Å². The van der Waals surface area contributed by atoms with E-state index in [9.17, 15) is 0 Å². The second kappa shape index (κ2) is 4.94. The molecule has 1 aromatic carbocycles. The minimum Gasteiger partial charge on any atom is -0.487 e. The Kier molecular flexibility index (Phi) is 3.13. The Bertz CT molecular complexity index is 688. The summed E-state index contributed by atoms with van der Waals surface area (Å²) >= 11 is 5.96. The molecule has 0 radical (unpaired) electrons. The van der Waals surface area contributed by atoms with Crippen LogP contribution in [0.15, 0.2) is 48.8 Å². The molecule has 0 aliphatic carbocycles. The van der Waals surface area contributed by atoms with Crippen LogP contribution in [-0.4, -0.2) is 9.38 Å². The van der Waals surface area contributed by atoms with Gasteiger partial charge in [0.1, 0.15) is 18.0 Å². The van der Waals surface area contributed by atoms with Gasteiger partial charge in [-0.1, -0.05) is 23.7 Å². The van der Waals surface area contributed by atoms with E-state index in [0.29, 0.717) is 11.6 Å². The van der Waals surface area contributed by atoms with Crippen molar-refractivity contribution in [1.29, 1.82) is 0 Å². The number of imidazole rings is 1. The van der Waals surface area contributed by atoms with Crippen molar-refractivity contribution in [2.24, 2.45) is 0 Å². The molecule has 0 spiro atoms. The number of pyridine rings is 1. The highest BCUT2D eigenvalue weighted by Crippen LogP contribution is 2.23. The zero-order valence-electron chi connectivity index (χ0n) is 10.5. The van der Waals surface area contributed by atoms with Gasteiger partial charge in [-0.15, -0.1) is 0 Å². The van der Waals surface area contributed by atoms with E-state index >= 15 is 0 Å². The van der Waals surface area contributed by atoms with Crippen molar-refractivity contribution in [3.05, 3.63) is 65.1 Å². The molecule has 0 amide bonds. The first-order valence-electron chi connectivity index (χ1n) is 6.04. The van der Waals surface area contributed by atoms with E-state index in [4.69, 9.17) is 16.3 Å². The molecule has 3 rings (SSSR count). The monoisotopic (exact) mass is 272 g/mol. The molecule has 0 bridgehead atoms. The Morgan fingerprint density at radius 1 is 1.26 bits per heavy atom. The molecular formula is C15H13ClN2O. The first-order valence-corrected chi connectivity index (χ1v) is 6.42. The second-order valence-corrected chi connectivity index (χ2v) is 4.83. The normalized spacial score (nSPS) is 10.8. The van der Waals surface area contributed by atoms with Crippen LogP contribution in [0.3, 0.4) is 0 Å². The van der Waals surface area contributed by atoms with E-state index in [2.05, 4.69) is 4.98 Å². The average molecular weight is 273 g/mol. The average Bonchev–Trinajstić information content (AvgIpc) is 2.82. The molecule has 4 heteroatoms. The molecule has 19 heavy (non-hydrogen) atoms. The van der Waals surface area contributed by atoms with E-state index in [1.807, 2.05) is 60.1 Å². The smallest absolute Gasteiger partial charge is 0.137 e. The van der Waals surface area contributed by atoms with Crippen molar-refractivity contribution in [1.82, 2.24) is 9.38 Å². The van der Waals surface area contributed by atoms with Crippen LogP contribution in [0.5, 0.6) is 5.75 Å². The van der Waals surface area contributed by atoms with Crippen molar-refractivity contribution in [2.45, 2.75) is 13.5 Å². The van der Waals surface area contributed by atoms with E-state index in [-0.39, 0.29) is 0 Å². The van der Waals surface area contributed by atoms with Crippen LogP contribution in [0, 0.1) is 6.92 Å². The standard InChI is InChI=1S/C15H13ClN2O/c1-11-5-6-12(16)8-14(11)19-10-13-9-18-7-3-2-4-15(18)17-13/h2-9H,10H2,1H3. The molecule has 0 N–H and O–H groups in total. The molecule has 2 heterocycles. The van der Waals surface area contributed by atoms with E-state index in [1.165, 1.54) is 0 Å². The zero-order chi connectivity index (χ0) is 13.2. The summed E-state index contributed by atoms with van der Waals surface area (Å²) in [6.45, 7) is 2.43. The third-order valence-electron chi connectivity index (χ3n) is 2.94. The van der Waals surface area contributed by atoms with Crippen molar-refractivity contribution >= 4 is 17.2 Å². The summed E-state index contributed by atoms with van der Waals surface area (Å²) in [6, 6.07) is 11.5. The van der Waals surface area contributed by atoms with Gasteiger partial charge in [-0.3, -0.25) is 0 Å². The van der Waals surface area contributed by atoms with Crippen molar-refractivity contribution < 1.29 is 4.74 Å². The predicted octanol–water partition coefficient (Wildman–Crippen LogP) is 3.88. The van der Waals surface area contributed by atoms with Crippen LogP contribution in [0.1, 0.15) is 11.3 Å². The number of hydrogen-bond acceptors (Lipinski definition) is 2. The van der Waals surface area contributed by atoms with Gasteiger partial charge in [0.15, 0.2) is 0 Å². The van der Waals surface area contributed by atoms with Gasteiger partial charge < -0.3 is 9.14 Å². The number of ether oxygens (including phenoxy) is 1. The second-order valence-electron chi connectivity index (χ2n) is 4.40. The lowest BCUT2D eigenvalue weighted by Crippen LogP contribution is -1.97. The van der Waals surface area contributed by atoms with Crippen LogP contribution in [0.2, 0.25) is 5.02 Å². The maximum Gasteiger partial charge on any atom is 0.137 e. The summed E-state index contributed by atoms with van der Waals surface area (Å²) in [4.78, 5) is 4.48. The minimum atomic E-state index is 0.433. The van der Waals surface area contributed by atoms with Gasteiger partial charge in [0.05, 0.1) is 5.69 Å². The summed E-state index contributed by atoms with van der Waals surface area (Å²) in [5.41, 5.74) is 2.88. The lowest BCUT2D eigenvalue weighted by atomic mass is 10.2. The highest BCUT2D eigenvalue weighted by atomic mass is 35.5. The number of rotatable bonds is 3. The first-order chi connectivity index (χ1) is 9.22. The number of hydrogen-bond donors (Lipinski definition) is 0. The predicted molar refractivity (Wildman–Crippen MR) is 75.7 cm³/mol. The summed E-state index contributed by atoms with van der Waals surface area (Å²) in [7, 11) is 0. The largest absolute Gasteiger partial charge is 0.487 e. The van der Waals surface area contributed by atoms with Gasteiger partial charge in [-0.05, 0) is 36.8 Å². The molecule has 0 aliphatic rings. The Morgan fingerprint density at radius 3 is 3.00 bits per heavy atom. The number of benzene rings is 1. The highest BCUT2D eigenvalue weighted by Gasteiger charge is 2.04. The Morgan fingerprint density at radius 2 is 2.16 bits per heavy atom. The van der Waals surface area contributed by atoms with Gasteiger partial charge in [0, 0.05) is 17.4 Å². The summed E-state index contributed by atoms with van der Waals surface area (Å²) in [6.07, 6.45) is 3.94. The van der Waals surface area contributed by atoms with Gasteiger partial charge in [0.25, 0.3) is 0 Å². The topological polar surface area (TPSA) is 26.5 Å². The maximum absolute atomic E-state index is 5.96. The van der Waals surface area contributed by atoms with Gasteiger partial charge in [0.2, 0.25) is 0 Å². The molecule has 0 aliphatic heterocycles. The number of aryl methyl sites for hydroxylation is 1. The van der Waals surface area contributed by atoms with Crippen LogP contribution < -0.4 is 4.74 Å². The summed E-state index contributed by atoms with van der Waals surface area (Å²) < 4.78 is 7.75. The molecule has 0 fully saturated rings. The molecular weight excluding hydrogens is 260 g/mol. The third-order valence-corrected chi connectivity index (χ3v) is 3.17. The SMILES string of the molecule is Cc1ccc(Cl)cc1OCc1cn2ccccc2n1. The van der Waals surface area contributed by atoms with Crippen LogP contribution in [-0.2, 0) is 6.61 Å². The highest BCUT2D eigenvalue weighted by molar-refractivity contribution is 6.30. The fraction of sp³-hybridized carbons (Fsp3) is 0.133. The quantitative estimate of drug-likeness (QED) is 0.723. The molecule has 96 valence electrons. The van der Waals surface area contributed by atoms with Gasteiger partial charge in [-0.2, -0.15) is 0 Å². The first kappa shape index (κ1) is 12.1. The van der Waals surface area contributed by atoms with Crippen LogP contribution >= 0.6 is 11.6 Å². The Balaban J connectivity index is 1.80. The number of halogens is 1. The molecule has 0 saturated heterocycles. The number of fused-ring (bicyclic) bond motifs is 1. The van der Waals surface area contributed by atoms with Crippen molar-refractivity contribution in [3.8, 4) is 5.75 Å². The Hall–Kier alpha value is -2.00. The molecule has 2 aromatic heterocycles. The fourth-order valence-corrected chi connectivity index (χ4v) is 2.10. The molecule has 0 atom stereocenters. The third kappa shape index (κ3) is 2.56. The molecule has 0 saturated carbocycles. The van der Waals surface area contributed by atoms with Crippen molar-refractivity contribution in [3.63, 3.8) is 0 Å². The molecule has 0 unspecified atom stereocenters. The zero-order valence-corrected chi connectivity index (χ0v) is 11.3. The summed E-state index contributed by atoms with van der Waals surface area (Å²) in [5, 5.41) is 0.676. The molecule has 3 aromatic rings. The Labute approximate surface area is 116 Å². The minimum absolute atomic E-state index is 0.433. The summed E-state index contributed by atoms with van der Waals surface area (Å²) in [5.74, 6) is 0.796. The van der Waals surface area contributed by atoms with Crippen molar-refractivity contribution in [2.75, 3.05) is 0 Å². The lowest BCUT2D eigenvalue weighted by Gasteiger charge is -2.07. The number of nitrogens with zero attached hydrogens (tertiary/aromatic N) is 2. The van der Waals surface area contributed by atoms with Crippen LogP contribution in [0.4, 0.5) is 0 Å². The maximum atomic E-state index is 5.96. The van der Waals surface area contributed by atoms with Gasteiger partial charge in [-0.25, -0.2) is 4.98 Å². The van der Waals surface area contributed by atoms with E-state index < -0.39 is 0 Å². The van der Waals surface area contributed by atoms with E-state index in [0.717, 1.165) is 22.7 Å². The lowest BCUT2D eigenvalue weighted by molar-refractivity contribution is 0.300. The number of aromatic nitrogens is 2. The fourth-order valence-electron chi connectivity index (χ4n) is 1.94. The van der Waals surface area contributed by atoms with Gasteiger partial charge >= 0.3 is 0 Å². The molecule has 3 nitrogen and oxygen atoms in total.